The lowest BCUT2D eigenvalue weighted by molar-refractivity contribution is -0.385. The number of hydrogen-bond donors (Lipinski definition) is 2. The molecular weight excluding hydrogens is 228 g/mol. The van der Waals surface area contributed by atoms with Gasteiger partial charge >= 0.3 is 0 Å². The molecular formula is C10H14N2O5. The topological polar surface area (TPSA) is 108 Å². The van der Waals surface area contributed by atoms with Crippen molar-refractivity contribution in [3.8, 4) is 5.75 Å². The zero-order valence-electron chi connectivity index (χ0n) is 9.33. The van der Waals surface area contributed by atoms with Crippen LogP contribution in [-0.2, 0) is 4.74 Å². The van der Waals surface area contributed by atoms with Gasteiger partial charge in [-0.05, 0) is 13.0 Å². The Morgan fingerprint density at radius 3 is 2.88 bits per heavy atom. The van der Waals surface area contributed by atoms with Crippen LogP contribution in [0.1, 0.15) is 6.92 Å². The van der Waals surface area contributed by atoms with Gasteiger partial charge in [0.15, 0.2) is 0 Å². The summed E-state index contributed by atoms with van der Waals surface area (Å²) < 4.78 is 9.91. The molecule has 1 aromatic carbocycles. The van der Waals surface area contributed by atoms with Gasteiger partial charge in [-0.3, -0.25) is 15.8 Å². The Morgan fingerprint density at radius 1 is 1.59 bits per heavy atom. The molecule has 1 atom stereocenters. The van der Waals surface area contributed by atoms with Crippen molar-refractivity contribution < 1.29 is 19.5 Å². The summed E-state index contributed by atoms with van der Waals surface area (Å²) in [6, 6.07) is 5.37. The van der Waals surface area contributed by atoms with Gasteiger partial charge in [0, 0.05) is 12.7 Å². The van der Waals surface area contributed by atoms with Gasteiger partial charge in [-0.15, -0.1) is 0 Å². The minimum Gasteiger partial charge on any atom is -0.447 e. The van der Waals surface area contributed by atoms with Crippen LogP contribution in [0.25, 0.3) is 0 Å². The summed E-state index contributed by atoms with van der Waals surface area (Å²) in [6.07, 6.45) is 0. The van der Waals surface area contributed by atoms with Crippen molar-refractivity contribution >= 4 is 5.69 Å². The molecule has 17 heavy (non-hydrogen) atoms. The van der Waals surface area contributed by atoms with Crippen LogP contribution in [0.3, 0.4) is 0 Å². The number of nitrogens with zero attached hydrogens (tertiary/aromatic N) is 1. The minimum atomic E-state index is -2.01. The predicted molar refractivity (Wildman–Crippen MR) is 59.4 cm³/mol. The maximum absolute atomic E-state index is 10.5. The summed E-state index contributed by atoms with van der Waals surface area (Å²) in [7, 11) is 0. The van der Waals surface area contributed by atoms with Gasteiger partial charge in [0.05, 0.1) is 11.0 Å². The zero-order valence-corrected chi connectivity index (χ0v) is 9.33. The molecule has 3 N–H and O–H groups in total. The van der Waals surface area contributed by atoms with Crippen molar-refractivity contribution in [3.63, 3.8) is 0 Å². The van der Waals surface area contributed by atoms with Crippen LogP contribution in [0.2, 0.25) is 0 Å². The van der Waals surface area contributed by atoms with E-state index in [4.69, 9.17) is 15.2 Å². The number of ether oxygens (including phenoxy) is 2. The summed E-state index contributed by atoms with van der Waals surface area (Å²) in [6.45, 7) is 1.88. The monoisotopic (exact) mass is 242 g/mol. The molecule has 7 heteroatoms. The zero-order chi connectivity index (χ0) is 12.9. The second-order valence-corrected chi connectivity index (χ2v) is 3.34. The molecule has 0 saturated heterocycles. The first kappa shape index (κ1) is 13.4. The first-order valence-corrected chi connectivity index (χ1v) is 4.97. The van der Waals surface area contributed by atoms with Crippen LogP contribution in [0.5, 0.6) is 5.75 Å². The molecule has 0 heterocycles. The average molecular weight is 242 g/mol. The van der Waals surface area contributed by atoms with E-state index < -0.39 is 10.8 Å². The summed E-state index contributed by atoms with van der Waals surface area (Å²) in [5, 5.41) is 20.1. The second kappa shape index (κ2) is 5.58. The SMILES string of the molecule is CCOCC(N)(O)Oc1cccc([N+](=O)[O-])c1. The molecule has 0 fully saturated rings. The highest BCUT2D eigenvalue weighted by atomic mass is 16.7. The van der Waals surface area contributed by atoms with Crippen LogP contribution in [0, 0.1) is 10.1 Å². The van der Waals surface area contributed by atoms with E-state index >= 15 is 0 Å². The molecule has 0 saturated carbocycles. The Bertz CT molecular complexity index is 394. The van der Waals surface area contributed by atoms with Gasteiger partial charge in [0.25, 0.3) is 11.6 Å². The number of hydrogen-bond acceptors (Lipinski definition) is 6. The highest BCUT2D eigenvalue weighted by molar-refractivity contribution is 5.38. The smallest absolute Gasteiger partial charge is 0.289 e. The predicted octanol–water partition coefficient (Wildman–Crippen LogP) is 0.615. The number of benzene rings is 1. The van der Waals surface area contributed by atoms with Gasteiger partial charge in [-0.1, -0.05) is 6.07 Å². The summed E-state index contributed by atoms with van der Waals surface area (Å²) in [4.78, 5) is 9.96. The van der Waals surface area contributed by atoms with Crippen molar-refractivity contribution in [2.45, 2.75) is 12.8 Å². The third-order valence-electron chi connectivity index (χ3n) is 1.84. The van der Waals surface area contributed by atoms with Crippen molar-refractivity contribution in [2.24, 2.45) is 5.73 Å². The summed E-state index contributed by atoms with van der Waals surface area (Å²) >= 11 is 0. The second-order valence-electron chi connectivity index (χ2n) is 3.34. The average Bonchev–Trinajstić information content (AvgIpc) is 2.26. The number of nitrogens with two attached hydrogens (primary N) is 1. The van der Waals surface area contributed by atoms with Crippen molar-refractivity contribution in [2.75, 3.05) is 13.2 Å². The molecule has 0 aliphatic carbocycles. The Labute approximate surface area is 97.9 Å². The van der Waals surface area contributed by atoms with Gasteiger partial charge < -0.3 is 14.6 Å². The van der Waals surface area contributed by atoms with Crippen LogP contribution in [0.15, 0.2) is 24.3 Å². The van der Waals surface area contributed by atoms with E-state index in [0.29, 0.717) is 6.61 Å². The fourth-order valence-corrected chi connectivity index (χ4v) is 1.14. The fourth-order valence-electron chi connectivity index (χ4n) is 1.14. The molecule has 1 rings (SSSR count). The third kappa shape index (κ3) is 4.35. The molecule has 0 bridgehead atoms. The van der Waals surface area contributed by atoms with E-state index in [1.54, 1.807) is 6.92 Å². The third-order valence-corrected chi connectivity index (χ3v) is 1.84. The van der Waals surface area contributed by atoms with E-state index in [1.807, 2.05) is 0 Å². The van der Waals surface area contributed by atoms with Crippen LogP contribution in [0.4, 0.5) is 5.69 Å². The lowest BCUT2D eigenvalue weighted by Gasteiger charge is -2.23. The van der Waals surface area contributed by atoms with Crippen molar-refractivity contribution in [1.82, 2.24) is 0 Å². The minimum absolute atomic E-state index is 0.101. The first-order chi connectivity index (χ1) is 7.94. The lowest BCUT2D eigenvalue weighted by atomic mass is 10.3. The molecule has 7 nitrogen and oxygen atoms in total. The molecule has 0 radical (unpaired) electrons. The van der Waals surface area contributed by atoms with E-state index in [2.05, 4.69) is 0 Å². The number of aliphatic hydroxyl groups is 1. The van der Waals surface area contributed by atoms with Crippen LogP contribution >= 0.6 is 0 Å². The first-order valence-electron chi connectivity index (χ1n) is 4.97. The van der Waals surface area contributed by atoms with Gasteiger partial charge in [0.1, 0.15) is 12.4 Å². The quantitative estimate of drug-likeness (QED) is 0.430. The van der Waals surface area contributed by atoms with E-state index in [-0.39, 0.29) is 18.0 Å². The maximum atomic E-state index is 10.5. The maximum Gasteiger partial charge on any atom is 0.289 e. The molecule has 1 unspecified atom stereocenters. The largest absolute Gasteiger partial charge is 0.447 e. The van der Waals surface area contributed by atoms with E-state index in [0.717, 1.165) is 0 Å². The standard InChI is InChI=1S/C10H14N2O5/c1-2-16-7-10(11,13)17-9-5-3-4-8(6-9)12(14)15/h3-6,13H,2,7,11H2,1H3. The number of non-ortho nitro benzene ring substituents is 1. The van der Waals surface area contributed by atoms with Gasteiger partial charge in [0.2, 0.25) is 0 Å². The Balaban J connectivity index is 2.73. The molecule has 0 aromatic heterocycles. The number of nitro benzene ring substituents is 1. The summed E-state index contributed by atoms with van der Waals surface area (Å²) in [5.41, 5.74) is 5.26. The van der Waals surface area contributed by atoms with Gasteiger partial charge in [-0.25, -0.2) is 0 Å². The molecule has 0 aliphatic rings. The normalized spacial score (nSPS) is 14.1. The van der Waals surface area contributed by atoms with Crippen molar-refractivity contribution in [1.29, 1.82) is 0 Å². The fraction of sp³-hybridized carbons (Fsp3) is 0.400. The Kier molecular flexibility index (Phi) is 4.38. The molecule has 0 spiro atoms. The Morgan fingerprint density at radius 2 is 2.29 bits per heavy atom. The highest BCUT2D eigenvalue weighted by Gasteiger charge is 2.24. The molecule has 94 valence electrons. The number of rotatable bonds is 6. The van der Waals surface area contributed by atoms with Gasteiger partial charge in [-0.2, -0.15) is 0 Å². The Hall–Kier alpha value is -1.70. The lowest BCUT2D eigenvalue weighted by Crippen LogP contribution is -2.50. The van der Waals surface area contributed by atoms with Crippen LogP contribution < -0.4 is 10.5 Å². The van der Waals surface area contributed by atoms with Crippen LogP contribution in [-0.4, -0.2) is 29.2 Å². The number of nitro groups is 1. The van der Waals surface area contributed by atoms with Crippen molar-refractivity contribution in [3.05, 3.63) is 34.4 Å². The highest BCUT2D eigenvalue weighted by Crippen LogP contribution is 2.21. The summed E-state index contributed by atoms with van der Waals surface area (Å²) in [5.74, 6) is -1.91. The van der Waals surface area contributed by atoms with E-state index in [1.165, 1.54) is 24.3 Å². The molecule has 0 aliphatic heterocycles. The molecule has 1 aromatic rings. The molecule has 0 amide bonds. The van der Waals surface area contributed by atoms with E-state index in [9.17, 15) is 15.2 Å².